The fraction of sp³-hybridized carbons (Fsp3) is 0.467. The first-order valence-electron chi connectivity index (χ1n) is 13.1. The SMILES string of the molecule is CC(CC(C)NC(=O)C(C)CC(=O)OCc1ccccc1)NC(=O)C(C)CCC(=O)OCc1ccccc1. The molecule has 206 valence electrons. The summed E-state index contributed by atoms with van der Waals surface area (Å²) < 4.78 is 10.5. The van der Waals surface area contributed by atoms with Crippen molar-refractivity contribution in [2.45, 2.75) is 78.7 Å². The van der Waals surface area contributed by atoms with E-state index in [1.165, 1.54) is 0 Å². The van der Waals surface area contributed by atoms with Gasteiger partial charge in [-0.15, -0.1) is 0 Å². The van der Waals surface area contributed by atoms with E-state index in [1.807, 2.05) is 74.5 Å². The van der Waals surface area contributed by atoms with Crippen LogP contribution in [-0.2, 0) is 41.9 Å². The fourth-order valence-corrected chi connectivity index (χ4v) is 3.83. The molecule has 2 N–H and O–H groups in total. The van der Waals surface area contributed by atoms with Gasteiger partial charge in [0.1, 0.15) is 13.2 Å². The van der Waals surface area contributed by atoms with Gasteiger partial charge in [0.15, 0.2) is 0 Å². The minimum atomic E-state index is -0.535. The summed E-state index contributed by atoms with van der Waals surface area (Å²) in [6, 6.07) is 18.4. The van der Waals surface area contributed by atoms with Crippen LogP contribution >= 0.6 is 0 Å². The molecule has 0 saturated carbocycles. The standard InChI is InChI=1S/C30H40N2O6/c1-21(15-16-27(33)37-19-25-11-7-5-8-12-25)29(35)31-23(3)18-24(4)32-30(36)22(2)17-28(34)38-20-26-13-9-6-10-14-26/h5-14,21-24H,15-20H2,1-4H3,(H,31,35)(H,32,36). The van der Waals surface area contributed by atoms with Crippen molar-refractivity contribution >= 4 is 23.8 Å². The molecular formula is C30H40N2O6. The number of nitrogens with one attached hydrogen (secondary N) is 2. The Kier molecular flexibility index (Phi) is 13.0. The van der Waals surface area contributed by atoms with Gasteiger partial charge in [-0.05, 0) is 37.8 Å². The molecular weight excluding hydrogens is 484 g/mol. The van der Waals surface area contributed by atoms with Gasteiger partial charge in [0.2, 0.25) is 11.8 Å². The van der Waals surface area contributed by atoms with Gasteiger partial charge in [0.05, 0.1) is 6.42 Å². The van der Waals surface area contributed by atoms with Gasteiger partial charge in [0, 0.05) is 30.3 Å². The van der Waals surface area contributed by atoms with Crippen molar-refractivity contribution in [3.8, 4) is 0 Å². The van der Waals surface area contributed by atoms with Crippen LogP contribution in [0.4, 0.5) is 0 Å². The average molecular weight is 525 g/mol. The highest BCUT2D eigenvalue weighted by molar-refractivity contribution is 5.83. The summed E-state index contributed by atoms with van der Waals surface area (Å²) in [5, 5.41) is 5.84. The lowest BCUT2D eigenvalue weighted by Gasteiger charge is -2.22. The van der Waals surface area contributed by atoms with E-state index in [4.69, 9.17) is 9.47 Å². The van der Waals surface area contributed by atoms with Gasteiger partial charge in [-0.1, -0.05) is 74.5 Å². The molecule has 0 aliphatic carbocycles. The molecule has 0 fully saturated rings. The molecule has 8 heteroatoms. The number of ether oxygens (including phenoxy) is 2. The predicted octanol–water partition coefficient (Wildman–Crippen LogP) is 4.32. The lowest BCUT2D eigenvalue weighted by molar-refractivity contribution is -0.148. The molecule has 0 bridgehead atoms. The summed E-state index contributed by atoms with van der Waals surface area (Å²) in [5.41, 5.74) is 1.80. The molecule has 0 saturated heterocycles. The highest BCUT2D eigenvalue weighted by atomic mass is 16.5. The second-order valence-corrected chi connectivity index (χ2v) is 9.89. The van der Waals surface area contributed by atoms with Crippen LogP contribution in [0, 0.1) is 11.8 Å². The minimum absolute atomic E-state index is 0.0109. The lowest BCUT2D eigenvalue weighted by Crippen LogP contribution is -2.43. The number of esters is 2. The van der Waals surface area contributed by atoms with Gasteiger partial charge in [-0.3, -0.25) is 19.2 Å². The first kappa shape index (κ1) is 30.5. The molecule has 8 nitrogen and oxygen atoms in total. The summed E-state index contributed by atoms with van der Waals surface area (Å²) in [5.74, 6) is -2.05. The van der Waals surface area contributed by atoms with Crippen molar-refractivity contribution in [2.75, 3.05) is 0 Å². The van der Waals surface area contributed by atoms with E-state index >= 15 is 0 Å². The molecule has 0 aromatic heterocycles. The average Bonchev–Trinajstić information content (AvgIpc) is 2.90. The molecule has 2 aromatic rings. The quantitative estimate of drug-likeness (QED) is 0.336. The number of amides is 2. The van der Waals surface area contributed by atoms with E-state index in [9.17, 15) is 19.2 Å². The largest absolute Gasteiger partial charge is 0.461 e. The maximum absolute atomic E-state index is 12.5. The Balaban J connectivity index is 1.63. The van der Waals surface area contributed by atoms with Gasteiger partial charge >= 0.3 is 11.9 Å². The van der Waals surface area contributed by atoms with Crippen molar-refractivity contribution in [1.29, 1.82) is 0 Å². The number of carbonyl (C=O) groups excluding carboxylic acids is 4. The van der Waals surface area contributed by atoms with Gasteiger partial charge in [-0.25, -0.2) is 0 Å². The summed E-state index contributed by atoms with van der Waals surface area (Å²) in [4.78, 5) is 49.2. The molecule has 0 aliphatic rings. The zero-order chi connectivity index (χ0) is 27.9. The van der Waals surface area contributed by atoms with E-state index in [2.05, 4.69) is 10.6 Å². The van der Waals surface area contributed by atoms with Crippen LogP contribution < -0.4 is 10.6 Å². The molecule has 4 unspecified atom stereocenters. The molecule has 4 atom stereocenters. The first-order chi connectivity index (χ1) is 18.1. The summed E-state index contributed by atoms with van der Waals surface area (Å²) in [6.07, 6.45) is 1.06. The summed E-state index contributed by atoms with van der Waals surface area (Å²) in [7, 11) is 0. The summed E-state index contributed by atoms with van der Waals surface area (Å²) in [6.45, 7) is 7.57. The lowest BCUT2D eigenvalue weighted by atomic mass is 10.0. The Labute approximate surface area is 225 Å². The smallest absolute Gasteiger partial charge is 0.306 e. The first-order valence-corrected chi connectivity index (χ1v) is 13.1. The van der Waals surface area contributed by atoms with Crippen LogP contribution in [0.25, 0.3) is 0 Å². The Morgan fingerprint density at radius 3 is 1.61 bits per heavy atom. The third-order valence-electron chi connectivity index (χ3n) is 6.12. The number of rotatable bonds is 15. The second kappa shape index (κ2) is 16.2. The monoisotopic (exact) mass is 524 g/mol. The molecule has 0 aliphatic heterocycles. The molecule has 38 heavy (non-hydrogen) atoms. The molecule has 2 rings (SSSR count). The maximum atomic E-state index is 12.5. The van der Waals surface area contributed by atoms with Gasteiger partial charge in [-0.2, -0.15) is 0 Å². The van der Waals surface area contributed by atoms with Gasteiger partial charge in [0.25, 0.3) is 0 Å². The van der Waals surface area contributed by atoms with Crippen LogP contribution in [0.5, 0.6) is 0 Å². The highest BCUT2D eigenvalue weighted by Crippen LogP contribution is 2.11. The van der Waals surface area contributed by atoms with Crippen molar-refractivity contribution in [3.05, 3.63) is 71.8 Å². The van der Waals surface area contributed by atoms with Crippen LogP contribution in [0.1, 0.15) is 64.5 Å². The van der Waals surface area contributed by atoms with E-state index in [0.717, 1.165) is 11.1 Å². The normalized spacial score (nSPS) is 13.9. The zero-order valence-electron chi connectivity index (χ0n) is 22.8. The molecule has 0 radical (unpaired) electrons. The molecule has 2 amide bonds. The van der Waals surface area contributed by atoms with Crippen molar-refractivity contribution in [3.63, 3.8) is 0 Å². The Hall–Kier alpha value is -3.68. The number of hydrogen-bond acceptors (Lipinski definition) is 6. The topological polar surface area (TPSA) is 111 Å². The van der Waals surface area contributed by atoms with Crippen LogP contribution in [0.3, 0.4) is 0 Å². The summed E-state index contributed by atoms with van der Waals surface area (Å²) >= 11 is 0. The fourth-order valence-electron chi connectivity index (χ4n) is 3.83. The third kappa shape index (κ3) is 12.0. The van der Waals surface area contributed by atoms with E-state index < -0.39 is 11.9 Å². The molecule has 0 spiro atoms. The molecule has 2 aromatic carbocycles. The highest BCUT2D eigenvalue weighted by Gasteiger charge is 2.22. The van der Waals surface area contributed by atoms with Crippen LogP contribution in [0.15, 0.2) is 60.7 Å². The number of hydrogen-bond donors (Lipinski definition) is 2. The van der Waals surface area contributed by atoms with E-state index in [-0.39, 0.29) is 61.8 Å². The van der Waals surface area contributed by atoms with E-state index in [0.29, 0.717) is 12.8 Å². The predicted molar refractivity (Wildman–Crippen MR) is 144 cm³/mol. The number of carbonyl (C=O) groups is 4. The van der Waals surface area contributed by atoms with Crippen LogP contribution in [-0.4, -0.2) is 35.8 Å². The van der Waals surface area contributed by atoms with E-state index in [1.54, 1.807) is 13.8 Å². The number of benzene rings is 2. The Morgan fingerprint density at radius 1 is 0.658 bits per heavy atom. The van der Waals surface area contributed by atoms with Crippen molar-refractivity contribution in [2.24, 2.45) is 11.8 Å². The Morgan fingerprint density at radius 2 is 1.11 bits per heavy atom. The third-order valence-corrected chi connectivity index (χ3v) is 6.12. The molecule has 0 heterocycles. The maximum Gasteiger partial charge on any atom is 0.306 e. The van der Waals surface area contributed by atoms with Crippen LogP contribution in [0.2, 0.25) is 0 Å². The Bertz CT molecular complexity index is 1030. The van der Waals surface area contributed by atoms with Crippen molar-refractivity contribution in [1.82, 2.24) is 10.6 Å². The second-order valence-electron chi connectivity index (χ2n) is 9.89. The van der Waals surface area contributed by atoms with Crippen molar-refractivity contribution < 1.29 is 28.7 Å². The zero-order valence-corrected chi connectivity index (χ0v) is 22.8. The minimum Gasteiger partial charge on any atom is -0.461 e. The van der Waals surface area contributed by atoms with Gasteiger partial charge < -0.3 is 20.1 Å².